The number of imide groups is 1. The van der Waals surface area contributed by atoms with Crippen molar-refractivity contribution in [3.63, 3.8) is 0 Å². The average molecular weight is 323 g/mol. The summed E-state index contributed by atoms with van der Waals surface area (Å²) in [5.74, 6) is -2.63. The number of hydrogen-bond acceptors (Lipinski definition) is 4. The molecule has 0 bridgehead atoms. The number of anilines is 1. The molecule has 0 saturated heterocycles. The van der Waals surface area contributed by atoms with Gasteiger partial charge in [0.25, 0.3) is 11.8 Å². The number of halogens is 3. The molecule has 0 unspecified atom stereocenters. The molecular formula is C15H8F3NO4. The van der Waals surface area contributed by atoms with E-state index < -0.39 is 29.7 Å². The summed E-state index contributed by atoms with van der Waals surface area (Å²) in [6, 6.07) is 8.52. The van der Waals surface area contributed by atoms with E-state index in [1.807, 2.05) is 0 Å². The molecular weight excluding hydrogens is 315 g/mol. The van der Waals surface area contributed by atoms with E-state index >= 15 is 0 Å². The topological polar surface area (TPSA) is 66.8 Å². The maximum Gasteiger partial charge on any atom is 0.573 e. The van der Waals surface area contributed by atoms with Gasteiger partial charge in [0.1, 0.15) is 11.5 Å². The molecule has 0 fully saturated rings. The van der Waals surface area contributed by atoms with Gasteiger partial charge in [0, 0.05) is 6.07 Å². The molecule has 3 rings (SSSR count). The lowest BCUT2D eigenvalue weighted by Crippen LogP contribution is -2.29. The van der Waals surface area contributed by atoms with Crippen LogP contribution in [-0.4, -0.2) is 23.3 Å². The summed E-state index contributed by atoms with van der Waals surface area (Å²) in [5.41, 5.74) is -0.156. The Morgan fingerprint density at radius 1 is 0.957 bits per heavy atom. The third kappa shape index (κ3) is 2.59. The standard InChI is InChI=1S/C15H8F3NO4/c16-15(17,18)23-8-5-6-12(20)11(7-8)19-13(21)9-3-1-2-4-10(9)14(19)22/h1-7,20H. The minimum absolute atomic E-state index is 0.110. The maximum absolute atomic E-state index is 12.3. The number of aromatic hydroxyl groups is 1. The summed E-state index contributed by atoms with van der Waals surface area (Å²) in [5, 5.41) is 9.83. The number of phenols is 1. The van der Waals surface area contributed by atoms with E-state index in [0.29, 0.717) is 4.90 Å². The lowest BCUT2D eigenvalue weighted by molar-refractivity contribution is -0.274. The zero-order valence-corrected chi connectivity index (χ0v) is 11.3. The van der Waals surface area contributed by atoms with Gasteiger partial charge in [-0.05, 0) is 24.3 Å². The highest BCUT2D eigenvalue weighted by Gasteiger charge is 2.38. The molecule has 5 nitrogen and oxygen atoms in total. The SMILES string of the molecule is O=C1c2ccccc2C(=O)N1c1cc(OC(F)(F)F)ccc1O. The van der Waals surface area contributed by atoms with E-state index in [0.717, 1.165) is 18.2 Å². The van der Waals surface area contributed by atoms with E-state index in [1.54, 1.807) is 12.1 Å². The molecule has 0 atom stereocenters. The lowest BCUT2D eigenvalue weighted by atomic mass is 10.1. The fourth-order valence-electron chi connectivity index (χ4n) is 2.29. The minimum atomic E-state index is -4.93. The van der Waals surface area contributed by atoms with Crippen LogP contribution in [0.4, 0.5) is 18.9 Å². The third-order valence-corrected chi connectivity index (χ3v) is 3.22. The van der Waals surface area contributed by atoms with Gasteiger partial charge in [-0.1, -0.05) is 12.1 Å². The smallest absolute Gasteiger partial charge is 0.506 e. The summed E-state index contributed by atoms with van der Waals surface area (Å²) < 4.78 is 40.6. The van der Waals surface area contributed by atoms with E-state index in [4.69, 9.17) is 0 Å². The molecule has 1 N–H and O–H groups in total. The Labute approximate surface area is 127 Å². The average Bonchev–Trinajstić information content (AvgIpc) is 2.72. The predicted molar refractivity (Wildman–Crippen MR) is 72.4 cm³/mol. The number of rotatable bonds is 2. The van der Waals surface area contributed by atoms with Crippen molar-refractivity contribution in [2.75, 3.05) is 4.90 Å². The molecule has 0 aliphatic carbocycles. The quantitative estimate of drug-likeness (QED) is 0.863. The number of amides is 2. The van der Waals surface area contributed by atoms with Crippen LogP contribution in [0.1, 0.15) is 20.7 Å². The summed E-state index contributed by atoms with van der Waals surface area (Å²) in [7, 11) is 0. The van der Waals surface area contributed by atoms with Crippen molar-refractivity contribution < 1.29 is 32.6 Å². The van der Waals surface area contributed by atoms with Crippen LogP contribution in [0.15, 0.2) is 42.5 Å². The van der Waals surface area contributed by atoms with Gasteiger partial charge in [-0.15, -0.1) is 13.2 Å². The van der Waals surface area contributed by atoms with Gasteiger partial charge in [0.2, 0.25) is 0 Å². The second-order valence-electron chi connectivity index (χ2n) is 4.69. The Kier molecular flexibility index (Phi) is 3.24. The molecule has 1 heterocycles. The molecule has 8 heteroatoms. The summed E-state index contributed by atoms with van der Waals surface area (Å²) in [6.45, 7) is 0. The number of phenolic OH excluding ortho intramolecular Hbond substituents is 1. The van der Waals surface area contributed by atoms with Gasteiger partial charge in [0.05, 0.1) is 16.8 Å². The summed E-state index contributed by atoms with van der Waals surface area (Å²) in [4.78, 5) is 25.2. The van der Waals surface area contributed by atoms with E-state index in [9.17, 15) is 27.9 Å². The lowest BCUT2D eigenvalue weighted by Gasteiger charge is -2.17. The zero-order valence-electron chi connectivity index (χ0n) is 11.3. The van der Waals surface area contributed by atoms with Crippen molar-refractivity contribution in [3.05, 3.63) is 53.6 Å². The largest absolute Gasteiger partial charge is 0.573 e. The fraction of sp³-hybridized carbons (Fsp3) is 0.0667. The van der Waals surface area contributed by atoms with E-state index in [2.05, 4.69) is 4.74 Å². The van der Waals surface area contributed by atoms with Crippen LogP contribution in [-0.2, 0) is 0 Å². The fourth-order valence-corrected chi connectivity index (χ4v) is 2.29. The van der Waals surface area contributed by atoms with Crippen molar-refractivity contribution in [2.24, 2.45) is 0 Å². The number of alkyl halides is 3. The van der Waals surface area contributed by atoms with Gasteiger partial charge in [0.15, 0.2) is 0 Å². The Hall–Kier alpha value is -3.03. The number of carbonyl (C=O) groups is 2. The van der Waals surface area contributed by atoms with Crippen molar-refractivity contribution in [3.8, 4) is 11.5 Å². The molecule has 118 valence electrons. The van der Waals surface area contributed by atoms with Crippen LogP contribution < -0.4 is 9.64 Å². The highest BCUT2D eigenvalue weighted by molar-refractivity contribution is 6.34. The molecule has 1 aliphatic rings. The van der Waals surface area contributed by atoms with E-state index in [-0.39, 0.29) is 16.8 Å². The molecule has 2 aromatic rings. The van der Waals surface area contributed by atoms with Crippen LogP contribution in [0.25, 0.3) is 0 Å². The number of benzene rings is 2. The normalized spacial score (nSPS) is 14.1. The van der Waals surface area contributed by atoms with Gasteiger partial charge < -0.3 is 9.84 Å². The highest BCUT2D eigenvalue weighted by Crippen LogP contribution is 2.37. The second-order valence-corrected chi connectivity index (χ2v) is 4.69. The third-order valence-electron chi connectivity index (χ3n) is 3.22. The molecule has 2 amide bonds. The van der Waals surface area contributed by atoms with Crippen molar-refractivity contribution >= 4 is 17.5 Å². The maximum atomic E-state index is 12.3. The zero-order chi connectivity index (χ0) is 16.8. The number of nitrogens with zero attached hydrogens (tertiary/aromatic N) is 1. The number of hydrogen-bond donors (Lipinski definition) is 1. The highest BCUT2D eigenvalue weighted by atomic mass is 19.4. The van der Waals surface area contributed by atoms with Gasteiger partial charge >= 0.3 is 6.36 Å². The Morgan fingerprint density at radius 3 is 2.04 bits per heavy atom. The predicted octanol–water partition coefficient (Wildman–Crippen LogP) is 3.09. The molecule has 0 spiro atoms. The molecule has 23 heavy (non-hydrogen) atoms. The Bertz CT molecular complexity index is 782. The van der Waals surface area contributed by atoms with Crippen molar-refractivity contribution in [1.29, 1.82) is 0 Å². The number of fused-ring (bicyclic) bond motifs is 1. The first-order valence-electron chi connectivity index (χ1n) is 6.34. The molecule has 1 aliphatic heterocycles. The van der Waals surface area contributed by atoms with Gasteiger partial charge in [-0.3, -0.25) is 9.59 Å². The Morgan fingerprint density at radius 2 is 1.52 bits per heavy atom. The molecule has 2 aromatic carbocycles. The Balaban J connectivity index is 2.04. The number of ether oxygens (including phenoxy) is 1. The molecule has 0 radical (unpaired) electrons. The minimum Gasteiger partial charge on any atom is -0.506 e. The van der Waals surface area contributed by atoms with Crippen molar-refractivity contribution in [2.45, 2.75) is 6.36 Å². The van der Waals surface area contributed by atoms with Crippen LogP contribution in [0.5, 0.6) is 11.5 Å². The van der Waals surface area contributed by atoms with Crippen LogP contribution in [0.2, 0.25) is 0 Å². The summed E-state index contributed by atoms with van der Waals surface area (Å²) in [6.07, 6.45) is -4.93. The first-order valence-corrected chi connectivity index (χ1v) is 6.34. The van der Waals surface area contributed by atoms with Crippen LogP contribution in [0, 0.1) is 0 Å². The first-order chi connectivity index (χ1) is 10.8. The summed E-state index contributed by atoms with van der Waals surface area (Å²) >= 11 is 0. The van der Waals surface area contributed by atoms with Crippen LogP contribution >= 0.6 is 0 Å². The van der Waals surface area contributed by atoms with Crippen LogP contribution in [0.3, 0.4) is 0 Å². The molecule has 0 aromatic heterocycles. The van der Waals surface area contributed by atoms with Gasteiger partial charge in [-0.2, -0.15) is 0 Å². The van der Waals surface area contributed by atoms with Gasteiger partial charge in [-0.25, -0.2) is 4.90 Å². The van der Waals surface area contributed by atoms with E-state index in [1.165, 1.54) is 12.1 Å². The van der Waals surface area contributed by atoms with Crippen molar-refractivity contribution in [1.82, 2.24) is 0 Å². The monoisotopic (exact) mass is 323 g/mol. The first kappa shape index (κ1) is 14.9. The number of carbonyl (C=O) groups excluding carboxylic acids is 2. The second kappa shape index (κ2) is 5.01. The molecule has 0 saturated carbocycles.